The van der Waals surface area contributed by atoms with Crippen LogP contribution in [0.15, 0.2) is 66.9 Å². The molecule has 0 aliphatic rings. The number of hydrogen-bond acceptors (Lipinski definition) is 4. The molecule has 7 heteroatoms. The third kappa shape index (κ3) is 4.35. The zero-order valence-electron chi connectivity index (χ0n) is 16.6. The maximum Gasteiger partial charge on any atom is 0.242 e. The van der Waals surface area contributed by atoms with Crippen molar-refractivity contribution in [2.75, 3.05) is 18.0 Å². The van der Waals surface area contributed by atoms with E-state index in [1.165, 1.54) is 11.4 Å². The van der Waals surface area contributed by atoms with Crippen LogP contribution in [0, 0.1) is 0 Å². The van der Waals surface area contributed by atoms with Crippen LogP contribution in [0.1, 0.15) is 40.6 Å². The van der Waals surface area contributed by atoms with Crippen LogP contribution in [-0.4, -0.2) is 32.8 Å². The molecule has 3 rings (SSSR count). The minimum absolute atomic E-state index is 0.169. The van der Waals surface area contributed by atoms with Crippen LogP contribution in [0.25, 0.3) is 0 Å². The van der Waals surface area contributed by atoms with Crippen molar-refractivity contribution < 1.29 is 17.9 Å². The summed E-state index contributed by atoms with van der Waals surface area (Å²) in [5, 5.41) is -0.816. The summed E-state index contributed by atoms with van der Waals surface area (Å²) < 4.78 is 32.6. The van der Waals surface area contributed by atoms with Gasteiger partial charge in [-0.25, -0.2) is 8.42 Å². The van der Waals surface area contributed by atoms with Crippen LogP contribution >= 0.6 is 0 Å². The highest BCUT2D eigenvalue weighted by Crippen LogP contribution is 2.28. The van der Waals surface area contributed by atoms with Crippen molar-refractivity contribution in [1.82, 2.24) is 4.98 Å². The number of ether oxygens (including phenoxy) is 1. The van der Waals surface area contributed by atoms with E-state index in [0.29, 0.717) is 34.9 Å². The summed E-state index contributed by atoms with van der Waals surface area (Å²) >= 11 is 0. The second kappa shape index (κ2) is 8.53. The standard InChI is InChI=1S/C22H24N2O4S/c1-4-28-20-12-10-17(11-13-20)22(25)19-8-5-7-18(15-19)16(2)29(26,27)24(3)21-9-6-14-23-21/h5-16,23H,4H2,1-3H3. The van der Waals surface area contributed by atoms with Gasteiger partial charge in [0.1, 0.15) is 16.8 Å². The van der Waals surface area contributed by atoms with Crippen molar-refractivity contribution in [1.29, 1.82) is 0 Å². The van der Waals surface area contributed by atoms with Crippen LogP contribution in [0.4, 0.5) is 5.82 Å². The normalized spacial score (nSPS) is 12.4. The molecule has 152 valence electrons. The molecule has 0 saturated heterocycles. The van der Waals surface area contributed by atoms with Crippen LogP contribution in [-0.2, 0) is 10.0 Å². The van der Waals surface area contributed by atoms with Crippen molar-refractivity contribution in [2.24, 2.45) is 0 Å². The highest BCUT2D eigenvalue weighted by atomic mass is 32.2. The number of benzene rings is 2. The van der Waals surface area contributed by atoms with Gasteiger partial charge in [-0.15, -0.1) is 0 Å². The second-order valence-corrected chi connectivity index (χ2v) is 8.91. The Hall–Kier alpha value is -3.06. The Balaban J connectivity index is 1.85. The van der Waals surface area contributed by atoms with E-state index in [1.54, 1.807) is 73.8 Å². The highest BCUT2D eigenvalue weighted by molar-refractivity contribution is 7.93. The van der Waals surface area contributed by atoms with E-state index < -0.39 is 15.3 Å². The Bertz CT molecular complexity index is 1070. The van der Waals surface area contributed by atoms with Crippen LogP contribution in [0.2, 0.25) is 0 Å². The van der Waals surface area contributed by atoms with E-state index >= 15 is 0 Å². The number of nitrogens with one attached hydrogen (secondary N) is 1. The molecule has 1 atom stereocenters. The smallest absolute Gasteiger partial charge is 0.242 e. The molecular formula is C22H24N2O4S. The Morgan fingerprint density at radius 1 is 1.07 bits per heavy atom. The van der Waals surface area contributed by atoms with Crippen molar-refractivity contribution in [3.63, 3.8) is 0 Å². The number of rotatable bonds is 8. The van der Waals surface area contributed by atoms with Gasteiger partial charge in [-0.1, -0.05) is 18.2 Å². The van der Waals surface area contributed by atoms with Crippen molar-refractivity contribution >= 4 is 21.6 Å². The van der Waals surface area contributed by atoms with Gasteiger partial charge in [0.15, 0.2) is 5.78 Å². The Morgan fingerprint density at radius 2 is 1.79 bits per heavy atom. The molecule has 1 unspecified atom stereocenters. The molecular weight excluding hydrogens is 388 g/mol. The average Bonchev–Trinajstić information content (AvgIpc) is 3.27. The quantitative estimate of drug-likeness (QED) is 0.563. The molecule has 0 bridgehead atoms. The molecule has 0 spiro atoms. The predicted molar refractivity (Wildman–Crippen MR) is 114 cm³/mol. The molecule has 3 aromatic rings. The Labute approximate surface area is 171 Å². The van der Waals surface area contributed by atoms with E-state index in [4.69, 9.17) is 4.74 Å². The number of carbonyl (C=O) groups excluding carboxylic acids is 1. The number of sulfonamides is 1. The largest absolute Gasteiger partial charge is 0.494 e. The molecule has 2 aromatic carbocycles. The first-order chi connectivity index (χ1) is 13.8. The SMILES string of the molecule is CCOc1ccc(C(=O)c2cccc(C(C)S(=O)(=O)N(C)c3ccc[nH]3)c2)cc1. The Morgan fingerprint density at radius 3 is 2.41 bits per heavy atom. The van der Waals surface area contributed by atoms with Gasteiger partial charge in [-0.3, -0.25) is 9.10 Å². The zero-order valence-corrected chi connectivity index (χ0v) is 17.4. The number of carbonyl (C=O) groups is 1. The maximum atomic E-state index is 13.0. The minimum Gasteiger partial charge on any atom is -0.494 e. The van der Waals surface area contributed by atoms with Crippen LogP contribution in [0.3, 0.4) is 0 Å². The summed E-state index contributed by atoms with van der Waals surface area (Å²) in [6.07, 6.45) is 1.67. The van der Waals surface area contributed by atoms with Gasteiger partial charge in [-0.05, 0) is 61.9 Å². The first kappa shape index (κ1) is 20.7. The van der Waals surface area contributed by atoms with Gasteiger partial charge in [0.25, 0.3) is 0 Å². The number of aromatic nitrogens is 1. The molecule has 1 N–H and O–H groups in total. The summed E-state index contributed by atoms with van der Waals surface area (Å²) in [6.45, 7) is 4.07. The third-order valence-electron chi connectivity index (χ3n) is 4.80. The summed E-state index contributed by atoms with van der Waals surface area (Å²) in [7, 11) is -2.15. The van der Waals surface area contributed by atoms with Gasteiger partial charge in [-0.2, -0.15) is 0 Å². The van der Waals surface area contributed by atoms with E-state index in [9.17, 15) is 13.2 Å². The third-order valence-corrected chi connectivity index (χ3v) is 6.92. The first-order valence-electron chi connectivity index (χ1n) is 9.33. The predicted octanol–water partition coefficient (Wildman–Crippen LogP) is 4.17. The summed E-state index contributed by atoms with van der Waals surface area (Å²) in [4.78, 5) is 15.8. The summed E-state index contributed by atoms with van der Waals surface area (Å²) in [5.41, 5.74) is 1.51. The van der Waals surface area contributed by atoms with Gasteiger partial charge in [0.2, 0.25) is 10.0 Å². The number of aromatic amines is 1. The van der Waals surface area contributed by atoms with Crippen molar-refractivity contribution in [2.45, 2.75) is 19.1 Å². The molecule has 0 aliphatic carbocycles. The maximum absolute atomic E-state index is 13.0. The highest BCUT2D eigenvalue weighted by Gasteiger charge is 2.28. The lowest BCUT2D eigenvalue weighted by Crippen LogP contribution is -2.30. The zero-order chi connectivity index (χ0) is 21.0. The number of nitrogens with zero attached hydrogens (tertiary/aromatic N) is 1. The lowest BCUT2D eigenvalue weighted by molar-refractivity contribution is 0.103. The van der Waals surface area contributed by atoms with Gasteiger partial charge < -0.3 is 9.72 Å². The monoisotopic (exact) mass is 412 g/mol. The molecule has 0 aliphatic heterocycles. The van der Waals surface area contributed by atoms with E-state index in [0.717, 1.165) is 0 Å². The minimum atomic E-state index is -3.66. The fourth-order valence-corrected chi connectivity index (χ4v) is 4.38. The summed E-state index contributed by atoms with van der Waals surface area (Å²) in [5.74, 6) is 1.01. The topological polar surface area (TPSA) is 79.5 Å². The fourth-order valence-electron chi connectivity index (χ4n) is 3.03. The van der Waals surface area contributed by atoms with Gasteiger partial charge in [0, 0.05) is 24.4 Å². The van der Waals surface area contributed by atoms with Gasteiger partial charge in [0.05, 0.1) is 6.61 Å². The Kier molecular flexibility index (Phi) is 6.08. The van der Waals surface area contributed by atoms with Crippen molar-refractivity contribution in [3.8, 4) is 5.75 Å². The molecule has 29 heavy (non-hydrogen) atoms. The summed E-state index contributed by atoms with van der Waals surface area (Å²) in [6, 6.07) is 17.1. The van der Waals surface area contributed by atoms with E-state index in [-0.39, 0.29) is 5.78 Å². The van der Waals surface area contributed by atoms with Crippen molar-refractivity contribution in [3.05, 3.63) is 83.6 Å². The molecule has 6 nitrogen and oxygen atoms in total. The fraction of sp³-hybridized carbons (Fsp3) is 0.227. The molecule has 1 aromatic heterocycles. The molecule has 1 heterocycles. The van der Waals surface area contributed by atoms with Gasteiger partial charge >= 0.3 is 0 Å². The lowest BCUT2D eigenvalue weighted by atomic mass is 10.0. The molecule has 0 amide bonds. The number of H-pyrrole nitrogens is 1. The number of hydrogen-bond donors (Lipinski definition) is 1. The molecule has 0 radical (unpaired) electrons. The van der Waals surface area contributed by atoms with Crippen LogP contribution in [0.5, 0.6) is 5.75 Å². The molecule has 0 fully saturated rings. The first-order valence-corrected chi connectivity index (χ1v) is 10.8. The lowest BCUT2D eigenvalue weighted by Gasteiger charge is -2.23. The molecule has 0 saturated carbocycles. The van der Waals surface area contributed by atoms with E-state index in [1.807, 2.05) is 6.92 Å². The van der Waals surface area contributed by atoms with Crippen LogP contribution < -0.4 is 9.04 Å². The van der Waals surface area contributed by atoms with E-state index in [2.05, 4.69) is 4.98 Å². The second-order valence-electron chi connectivity index (χ2n) is 6.62. The number of ketones is 1. The number of anilines is 1. The average molecular weight is 413 g/mol.